The fraction of sp³-hybridized carbons (Fsp3) is 0.292. The molecular formula is C24H25NO3S. The van der Waals surface area contributed by atoms with Gasteiger partial charge in [-0.1, -0.05) is 50.2 Å². The summed E-state index contributed by atoms with van der Waals surface area (Å²) in [4.78, 5) is 13.7. The Morgan fingerprint density at radius 1 is 1.14 bits per heavy atom. The monoisotopic (exact) mass is 407 g/mol. The van der Waals surface area contributed by atoms with Crippen LogP contribution in [0.1, 0.15) is 36.6 Å². The topological polar surface area (TPSA) is 47.6 Å². The van der Waals surface area contributed by atoms with Gasteiger partial charge in [0.1, 0.15) is 0 Å². The van der Waals surface area contributed by atoms with Crippen molar-refractivity contribution in [1.29, 1.82) is 0 Å². The second kappa shape index (κ2) is 8.29. The molecule has 0 fully saturated rings. The normalized spacial score (nSPS) is 15.7. The molecule has 1 amide bonds. The van der Waals surface area contributed by atoms with Gasteiger partial charge >= 0.3 is 0 Å². The number of carbonyl (C=O) groups is 1. The van der Waals surface area contributed by atoms with Crippen LogP contribution >= 0.6 is 11.3 Å². The van der Waals surface area contributed by atoms with Gasteiger partial charge in [-0.3, -0.25) is 4.79 Å². The first-order valence-electron chi connectivity index (χ1n) is 9.84. The number of ether oxygens (including phenoxy) is 2. The molecule has 4 rings (SSSR count). The summed E-state index contributed by atoms with van der Waals surface area (Å²) in [5.74, 6) is 1.93. The maximum atomic E-state index is 12.5. The van der Waals surface area contributed by atoms with Gasteiger partial charge in [-0.25, -0.2) is 0 Å². The van der Waals surface area contributed by atoms with Crippen molar-refractivity contribution in [2.45, 2.75) is 26.2 Å². The molecular weight excluding hydrogens is 382 g/mol. The van der Waals surface area contributed by atoms with Gasteiger partial charge in [0.2, 0.25) is 5.91 Å². The SMILES string of the molecule is COc1cc([C@H]2CC(=O)Nc3c(-c4ccccc4)csc32)ccc1OCC(C)C. The van der Waals surface area contributed by atoms with E-state index in [1.165, 1.54) is 4.88 Å². The summed E-state index contributed by atoms with van der Waals surface area (Å²) < 4.78 is 11.5. The number of benzene rings is 2. The van der Waals surface area contributed by atoms with Crippen LogP contribution in [-0.4, -0.2) is 19.6 Å². The molecule has 4 nitrogen and oxygen atoms in total. The molecule has 2 heterocycles. The van der Waals surface area contributed by atoms with Crippen molar-refractivity contribution in [2.24, 2.45) is 5.92 Å². The van der Waals surface area contributed by atoms with Crippen molar-refractivity contribution in [2.75, 3.05) is 19.0 Å². The molecule has 0 unspecified atom stereocenters. The van der Waals surface area contributed by atoms with Gasteiger partial charge in [0.25, 0.3) is 0 Å². The van der Waals surface area contributed by atoms with E-state index in [0.717, 1.165) is 28.1 Å². The van der Waals surface area contributed by atoms with E-state index >= 15 is 0 Å². The third-order valence-corrected chi connectivity index (χ3v) is 6.13. The van der Waals surface area contributed by atoms with Gasteiger partial charge in [-0.05, 0) is 29.2 Å². The third kappa shape index (κ3) is 4.01. The number of fused-ring (bicyclic) bond motifs is 1. The molecule has 0 saturated heterocycles. The van der Waals surface area contributed by atoms with Crippen molar-refractivity contribution in [1.82, 2.24) is 0 Å². The van der Waals surface area contributed by atoms with Crippen LogP contribution in [0, 0.1) is 5.92 Å². The van der Waals surface area contributed by atoms with Crippen LogP contribution in [0.3, 0.4) is 0 Å². The first-order chi connectivity index (χ1) is 14.1. The summed E-state index contributed by atoms with van der Waals surface area (Å²) >= 11 is 1.70. The average molecular weight is 408 g/mol. The molecule has 1 aliphatic rings. The predicted molar refractivity (Wildman–Crippen MR) is 118 cm³/mol. The highest BCUT2D eigenvalue weighted by molar-refractivity contribution is 7.11. The van der Waals surface area contributed by atoms with Crippen LogP contribution in [0.2, 0.25) is 0 Å². The first kappa shape index (κ1) is 19.5. The Morgan fingerprint density at radius 3 is 2.66 bits per heavy atom. The number of rotatable bonds is 6. The number of amides is 1. The van der Waals surface area contributed by atoms with Gasteiger partial charge in [-0.2, -0.15) is 0 Å². The molecule has 1 aromatic heterocycles. The van der Waals surface area contributed by atoms with Crippen molar-refractivity contribution in [3.05, 3.63) is 64.4 Å². The highest BCUT2D eigenvalue weighted by Gasteiger charge is 2.31. The zero-order chi connectivity index (χ0) is 20.4. The largest absolute Gasteiger partial charge is 0.493 e. The Kier molecular flexibility index (Phi) is 5.58. The van der Waals surface area contributed by atoms with E-state index in [9.17, 15) is 4.79 Å². The second-order valence-corrected chi connectivity index (χ2v) is 8.59. The lowest BCUT2D eigenvalue weighted by Gasteiger charge is -2.24. The summed E-state index contributed by atoms with van der Waals surface area (Å²) in [6.45, 7) is 4.87. The lowest BCUT2D eigenvalue weighted by atomic mass is 9.89. The van der Waals surface area contributed by atoms with Crippen LogP contribution in [0.25, 0.3) is 11.1 Å². The van der Waals surface area contributed by atoms with E-state index in [2.05, 4.69) is 36.7 Å². The molecule has 0 aliphatic carbocycles. The van der Waals surface area contributed by atoms with Gasteiger partial charge in [0, 0.05) is 28.2 Å². The molecule has 1 atom stereocenters. The summed E-state index contributed by atoms with van der Waals surface area (Å²) in [6, 6.07) is 16.2. The van der Waals surface area contributed by atoms with Gasteiger partial charge in [0.05, 0.1) is 19.4 Å². The Morgan fingerprint density at radius 2 is 1.93 bits per heavy atom. The van der Waals surface area contributed by atoms with Crippen LogP contribution in [0.15, 0.2) is 53.9 Å². The lowest BCUT2D eigenvalue weighted by molar-refractivity contribution is -0.116. The standard InChI is InChI=1S/C24H25NO3S/c1-15(2)13-28-20-10-9-17(11-21(20)27-3)18-12-22(26)25-23-19(14-29-24(18)23)16-7-5-4-6-8-16/h4-11,14-15,18H,12-13H2,1-3H3,(H,25,26)/t18-/m1/s1. The number of hydrogen-bond donors (Lipinski definition) is 1. The molecule has 2 aromatic carbocycles. The molecule has 5 heteroatoms. The van der Waals surface area contributed by atoms with Gasteiger partial charge in [0.15, 0.2) is 11.5 Å². The third-order valence-electron chi connectivity index (χ3n) is 5.04. The molecule has 0 saturated carbocycles. The zero-order valence-corrected chi connectivity index (χ0v) is 17.7. The number of anilines is 1. The Bertz CT molecular complexity index is 1010. The highest BCUT2D eigenvalue weighted by atomic mass is 32.1. The van der Waals surface area contributed by atoms with E-state index in [1.54, 1.807) is 18.4 Å². The number of thiophene rings is 1. The highest BCUT2D eigenvalue weighted by Crippen LogP contribution is 2.47. The molecule has 1 aliphatic heterocycles. The maximum absolute atomic E-state index is 12.5. The van der Waals surface area contributed by atoms with E-state index in [4.69, 9.17) is 9.47 Å². The van der Waals surface area contributed by atoms with Crippen LogP contribution in [0.4, 0.5) is 5.69 Å². The molecule has 1 N–H and O–H groups in total. The van der Waals surface area contributed by atoms with E-state index in [1.807, 2.05) is 36.4 Å². The quantitative estimate of drug-likeness (QED) is 0.551. The smallest absolute Gasteiger partial charge is 0.225 e. The lowest BCUT2D eigenvalue weighted by Crippen LogP contribution is -2.22. The number of carbonyl (C=O) groups excluding carboxylic acids is 1. The number of nitrogens with one attached hydrogen (secondary N) is 1. The number of hydrogen-bond acceptors (Lipinski definition) is 4. The average Bonchev–Trinajstić information content (AvgIpc) is 3.15. The fourth-order valence-electron chi connectivity index (χ4n) is 3.60. The minimum absolute atomic E-state index is 0.00857. The summed E-state index contributed by atoms with van der Waals surface area (Å²) in [6.07, 6.45) is 0.428. The summed E-state index contributed by atoms with van der Waals surface area (Å²) in [7, 11) is 1.65. The van der Waals surface area contributed by atoms with Crippen molar-refractivity contribution in [3.63, 3.8) is 0 Å². The second-order valence-electron chi connectivity index (χ2n) is 7.67. The van der Waals surface area contributed by atoms with E-state index < -0.39 is 0 Å². The Labute approximate surface area is 175 Å². The minimum atomic E-state index is 0.00857. The zero-order valence-electron chi connectivity index (χ0n) is 16.9. The molecule has 29 heavy (non-hydrogen) atoms. The molecule has 3 aromatic rings. The molecule has 0 spiro atoms. The summed E-state index contributed by atoms with van der Waals surface area (Å²) in [5.41, 5.74) is 4.19. The maximum Gasteiger partial charge on any atom is 0.225 e. The Hall–Kier alpha value is -2.79. The first-order valence-corrected chi connectivity index (χ1v) is 10.7. The minimum Gasteiger partial charge on any atom is -0.493 e. The van der Waals surface area contributed by atoms with E-state index in [-0.39, 0.29) is 11.8 Å². The summed E-state index contributed by atoms with van der Waals surface area (Å²) in [5, 5.41) is 5.23. The molecule has 0 bridgehead atoms. The predicted octanol–water partition coefficient (Wildman–Crippen LogP) is 5.93. The molecule has 150 valence electrons. The van der Waals surface area contributed by atoms with Crippen LogP contribution in [-0.2, 0) is 4.79 Å². The van der Waals surface area contributed by atoms with Gasteiger partial charge in [-0.15, -0.1) is 11.3 Å². The van der Waals surface area contributed by atoms with Gasteiger partial charge < -0.3 is 14.8 Å². The fourth-order valence-corrected chi connectivity index (χ4v) is 4.76. The van der Waals surface area contributed by atoms with Crippen molar-refractivity contribution < 1.29 is 14.3 Å². The van der Waals surface area contributed by atoms with Crippen LogP contribution < -0.4 is 14.8 Å². The molecule has 0 radical (unpaired) electrons. The van der Waals surface area contributed by atoms with E-state index in [0.29, 0.717) is 24.7 Å². The van der Waals surface area contributed by atoms with Crippen LogP contribution in [0.5, 0.6) is 11.5 Å². The number of methoxy groups -OCH3 is 1. The van der Waals surface area contributed by atoms with Crippen molar-refractivity contribution >= 4 is 22.9 Å². The van der Waals surface area contributed by atoms with Crippen molar-refractivity contribution in [3.8, 4) is 22.6 Å². The Balaban J connectivity index is 1.70.